The number of ether oxygens (including phenoxy) is 1. The van der Waals surface area contributed by atoms with Gasteiger partial charge in [0.2, 0.25) is 0 Å². The first-order valence-corrected chi connectivity index (χ1v) is 6.17. The summed E-state index contributed by atoms with van der Waals surface area (Å²) in [5.41, 5.74) is 1.21. The minimum Gasteiger partial charge on any atom is -0.492 e. The van der Waals surface area contributed by atoms with Gasteiger partial charge in [0.15, 0.2) is 0 Å². The minimum atomic E-state index is 0.536. The van der Waals surface area contributed by atoms with Gasteiger partial charge in [0, 0.05) is 10.5 Å². The molecule has 0 bridgehead atoms. The molecule has 1 heterocycles. The highest BCUT2D eigenvalue weighted by Crippen LogP contribution is 2.22. The van der Waals surface area contributed by atoms with Crippen molar-refractivity contribution in [2.45, 2.75) is 25.8 Å². The molecule has 1 atom stereocenters. The van der Waals surface area contributed by atoms with Gasteiger partial charge in [0.1, 0.15) is 12.4 Å². The van der Waals surface area contributed by atoms with Gasteiger partial charge in [0.25, 0.3) is 0 Å². The van der Waals surface area contributed by atoms with Crippen molar-refractivity contribution < 1.29 is 4.74 Å². The lowest BCUT2D eigenvalue weighted by molar-refractivity contribution is 0.277. The molecule has 0 radical (unpaired) electrons. The fraction of sp³-hybridized carbons (Fsp3) is 0.500. The summed E-state index contributed by atoms with van der Waals surface area (Å²) in [5, 5.41) is 3.42. The molecule has 1 N–H and O–H groups in total. The van der Waals surface area contributed by atoms with Gasteiger partial charge >= 0.3 is 0 Å². The van der Waals surface area contributed by atoms with E-state index in [0.29, 0.717) is 6.04 Å². The third kappa shape index (κ3) is 2.95. The van der Waals surface area contributed by atoms with E-state index in [1.54, 1.807) is 0 Å². The fourth-order valence-corrected chi connectivity index (χ4v) is 2.05. The van der Waals surface area contributed by atoms with E-state index in [1.807, 2.05) is 12.1 Å². The van der Waals surface area contributed by atoms with Crippen molar-refractivity contribution in [1.29, 1.82) is 0 Å². The molecule has 0 spiro atoms. The maximum atomic E-state index is 5.74. The van der Waals surface area contributed by atoms with Crippen LogP contribution in [0.5, 0.6) is 5.75 Å². The summed E-state index contributed by atoms with van der Waals surface area (Å²) >= 11 is 3.48. The molecule has 0 aromatic heterocycles. The molecule has 1 fully saturated rings. The molecule has 2 rings (SSSR count). The van der Waals surface area contributed by atoms with Crippen LogP contribution in [0.3, 0.4) is 0 Å². The van der Waals surface area contributed by atoms with Crippen LogP contribution in [0.25, 0.3) is 0 Å². The van der Waals surface area contributed by atoms with Crippen LogP contribution in [0.4, 0.5) is 0 Å². The van der Waals surface area contributed by atoms with Crippen molar-refractivity contribution in [2.24, 2.45) is 0 Å². The first kappa shape index (κ1) is 11.0. The van der Waals surface area contributed by atoms with Gasteiger partial charge in [-0.15, -0.1) is 0 Å². The Morgan fingerprint density at radius 1 is 1.53 bits per heavy atom. The Bertz CT molecular complexity index is 334. The van der Waals surface area contributed by atoms with E-state index < -0.39 is 0 Å². The molecule has 2 nitrogen and oxygen atoms in total. The topological polar surface area (TPSA) is 21.3 Å². The minimum absolute atomic E-state index is 0.536. The Labute approximate surface area is 99.1 Å². The molecule has 1 aliphatic heterocycles. The number of rotatable bonds is 3. The van der Waals surface area contributed by atoms with Gasteiger partial charge in [-0.1, -0.05) is 15.9 Å². The first-order chi connectivity index (χ1) is 7.25. The number of benzene rings is 1. The van der Waals surface area contributed by atoms with E-state index in [2.05, 4.69) is 34.2 Å². The van der Waals surface area contributed by atoms with E-state index in [1.165, 1.54) is 18.4 Å². The summed E-state index contributed by atoms with van der Waals surface area (Å²) in [6.07, 6.45) is 2.50. The Hall–Kier alpha value is -0.540. The highest BCUT2D eigenvalue weighted by molar-refractivity contribution is 9.10. The van der Waals surface area contributed by atoms with Crippen LogP contribution in [0.1, 0.15) is 18.4 Å². The Morgan fingerprint density at radius 2 is 2.40 bits per heavy atom. The van der Waals surface area contributed by atoms with E-state index in [-0.39, 0.29) is 0 Å². The summed E-state index contributed by atoms with van der Waals surface area (Å²) in [6, 6.07) is 6.65. The van der Waals surface area contributed by atoms with Gasteiger partial charge in [-0.25, -0.2) is 0 Å². The van der Waals surface area contributed by atoms with Gasteiger partial charge in [-0.2, -0.15) is 0 Å². The van der Waals surface area contributed by atoms with E-state index in [4.69, 9.17) is 4.74 Å². The summed E-state index contributed by atoms with van der Waals surface area (Å²) in [4.78, 5) is 0. The van der Waals surface area contributed by atoms with Crippen LogP contribution in [0.2, 0.25) is 0 Å². The van der Waals surface area contributed by atoms with Gasteiger partial charge in [-0.3, -0.25) is 0 Å². The van der Waals surface area contributed by atoms with Crippen LogP contribution in [0.15, 0.2) is 22.7 Å². The first-order valence-electron chi connectivity index (χ1n) is 5.38. The van der Waals surface area contributed by atoms with E-state index >= 15 is 0 Å². The zero-order chi connectivity index (χ0) is 10.7. The molecule has 0 aliphatic carbocycles. The molecule has 1 aliphatic rings. The number of hydrogen-bond donors (Lipinski definition) is 1. The molecule has 0 saturated carbocycles. The molecule has 1 aromatic carbocycles. The molecule has 82 valence electrons. The van der Waals surface area contributed by atoms with Crippen molar-refractivity contribution in [1.82, 2.24) is 5.32 Å². The normalized spacial score (nSPS) is 20.5. The van der Waals surface area contributed by atoms with Crippen LogP contribution in [0, 0.1) is 6.92 Å². The quantitative estimate of drug-likeness (QED) is 0.911. The summed E-state index contributed by atoms with van der Waals surface area (Å²) in [6.45, 7) is 3.99. The maximum absolute atomic E-state index is 5.74. The summed E-state index contributed by atoms with van der Waals surface area (Å²) in [7, 11) is 0. The average Bonchev–Trinajstić information content (AvgIpc) is 2.73. The van der Waals surface area contributed by atoms with Crippen molar-refractivity contribution in [2.75, 3.05) is 13.2 Å². The lowest BCUT2D eigenvalue weighted by Gasteiger charge is -2.12. The van der Waals surface area contributed by atoms with Crippen LogP contribution in [-0.4, -0.2) is 19.2 Å². The number of aryl methyl sites for hydroxylation is 1. The van der Waals surface area contributed by atoms with Crippen LogP contribution < -0.4 is 10.1 Å². The zero-order valence-electron chi connectivity index (χ0n) is 8.92. The predicted octanol–water partition coefficient (Wildman–Crippen LogP) is 2.89. The van der Waals surface area contributed by atoms with Crippen LogP contribution >= 0.6 is 15.9 Å². The molecule has 1 aromatic rings. The number of hydrogen-bond acceptors (Lipinski definition) is 2. The highest BCUT2D eigenvalue weighted by atomic mass is 79.9. The predicted molar refractivity (Wildman–Crippen MR) is 65.4 cm³/mol. The Morgan fingerprint density at radius 3 is 3.07 bits per heavy atom. The zero-order valence-corrected chi connectivity index (χ0v) is 10.5. The Balaban J connectivity index is 1.90. The molecular weight excluding hydrogens is 254 g/mol. The lowest BCUT2D eigenvalue weighted by atomic mass is 10.2. The molecule has 0 unspecified atom stereocenters. The fourth-order valence-electron chi connectivity index (χ4n) is 1.80. The van der Waals surface area contributed by atoms with Crippen molar-refractivity contribution in [3.05, 3.63) is 28.2 Å². The molecule has 15 heavy (non-hydrogen) atoms. The second-order valence-corrected chi connectivity index (χ2v) is 4.87. The van der Waals surface area contributed by atoms with Crippen molar-refractivity contribution >= 4 is 15.9 Å². The third-order valence-electron chi connectivity index (χ3n) is 2.74. The molecule has 3 heteroatoms. The second-order valence-electron chi connectivity index (χ2n) is 4.02. The van der Waals surface area contributed by atoms with E-state index in [0.717, 1.165) is 23.4 Å². The van der Waals surface area contributed by atoms with Crippen LogP contribution in [-0.2, 0) is 0 Å². The standard InChI is InChI=1S/C12H16BrNO/c1-9-7-11(4-5-12(9)13)15-8-10-3-2-6-14-10/h4-5,7,10,14H,2-3,6,8H2,1H3/t10-/m0/s1. The van der Waals surface area contributed by atoms with Crippen molar-refractivity contribution in [3.8, 4) is 5.75 Å². The second kappa shape index (κ2) is 4.99. The van der Waals surface area contributed by atoms with E-state index in [9.17, 15) is 0 Å². The number of halogens is 1. The third-order valence-corrected chi connectivity index (χ3v) is 3.63. The SMILES string of the molecule is Cc1cc(OC[C@@H]2CCCN2)ccc1Br. The molecule has 1 saturated heterocycles. The van der Waals surface area contributed by atoms with Gasteiger partial charge in [0.05, 0.1) is 0 Å². The van der Waals surface area contributed by atoms with Gasteiger partial charge < -0.3 is 10.1 Å². The highest BCUT2D eigenvalue weighted by Gasteiger charge is 2.14. The Kier molecular flexibility index (Phi) is 3.65. The molecule has 0 amide bonds. The lowest BCUT2D eigenvalue weighted by Crippen LogP contribution is -2.28. The number of nitrogens with one attached hydrogen (secondary N) is 1. The maximum Gasteiger partial charge on any atom is 0.119 e. The van der Waals surface area contributed by atoms with Crippen molar-refractivity contribution in [3.63, 3.8) is 0 Å². The summed E-state index contributed by atoms with van der Waals surface area (Å²) < 4.78 is 6.88. The molecular formula is C12H16BrNO. The van der Waals surface area contributed by atoms with Gasteiger partial charge in [-0.05, 0) is 50.1 Å². The monoisotopic (exact) mass is 269 g/mol. The smallest absolute Gasteiger partial charge is 0.119 e. The average molecular weight is 270 g/mol. The summed E-state index contributed by atoms with van der Waals surface area (Å²) in [5.74, 6) is 0.962. The largest absolute Gasteiger partial charge is 0.492 e.